The highest BCUT2D eigenvalue weighted by Gasteiger charge is 2.22. The first kappa shape index (κ1) is 20.0. The van der Waals surface area contributed by atoms with Crippen LogP contribution in [-0.4, -0.2) is 19.0 Å². The normalized spacial score (nSPS) is 17.9. The molecule has 1 heterocycles. The second kappa shape index (κ2) is 9.29. The average molecular weight is 339 g/mol. The van der Waals surface area contributed by atoms with E-state index in [2.05, 4.69) is 56.5 Å². The summed E-state index contributed by atoms with van der Waals surface area (Å²) in [7, 11) is 0. The van der Waals surface area contributed by atoms with Crippen molar-refractivity contribution in [1.82, 2.24) is 10.6 Å². The number of carbonyl (C=O) groups is 1. The lowest BCUT2D eigenvalue weighted by Crippen LogP contribution is -2.34. The molecule has 1 aromatic rings. The summed E-state index contributed by atoms with van der Waals surface area (Å²) in [4.78, 5) is 12.3. The third-order valence-corrected chi connectivity index (χ3v) is 5.19. The summed E-state index contributed by atoms with van der Waals surface area (Å²) in [5.74, 6) is 1.33. The van der Waals surface area contributed by atoms with Crippen LogP contribution < -0.4 is 10.6 Å². The Morgan fingerprint density at radius 1 is 1.26 bits per heavy atom. The molecule has 1 saturated heterocycles. The maximum atomic E-state index is 12.3. The first-order valence-electron chi connectivity index (χ1n) is 8.55. The summed E-state index contributed by atoms with van der Waals surface area (Å²) < 4.78 is 0. The molecular formula is C19H31ClN2O. The predicted molar refractivity (Wildman–Crippen MR) is 99.1 cm³/mol. The van der Waals surface area contributed by atoms with Crippen LogP contribution in [0.1, 0.15) is 55.8 Å². The minimum atomic E-state index is 0. The van der Waals surface area contributed by atoms with Gasteiger partial charge in [-0.15, -0.1) is 12.4 Å². The summed E-state index contributed by atoms with van der Waals surface area (Å²) in [6.45, 7) is 10.7. The van der Waals surface area contributed by atoms with Crippen molar-refractivity contribution in [3.63, 3.8) is 0 Å². The molecule has 1 aromatic carbocycles. The summed E-state index contributed by atoms with van der Waals surface area (Å²) in [5.41, 5.74) is 3.78. The Morgan fingerprint density at radius 2 is 1.91 bits per heavy atom. The maximum Gasteiger partial charge on any atom is 0.220 e. The number of hydrogen-bond donors (Lipinski definition) is 2. The number of carbonyl (C=O) groups excluding carboxylic acids is 1. The zero-order chi connectivity index (χ0) is 16.1. The third-order valence-electron chi connectivity index (χ3n) is 5.19. The topological polar surface area (TPSA) is 41.1 Å². The molecule has 2 atom stereocenters. The Labute approximate surface area is 147 Å². The zero-order valence-electron chi connectivity index (χ0n) is 14.8. The maximum absolute atomic E-state index is 12.3. The van der Waals surface area contributed by atoms with E-state index in [-0.39, 0.29) is 24.4 Å². The lowest BCUT2D eigenvalue weighted by molar-refractivity contribution is -0.123. The van der Waals surface area contributed by atoms with Gasteiger partial charge >= 0.3 is 0 Å². The van der Waals surface area contributed by atoms with E-state index in [4.69, 9.17) is 0 Å². The van der Waals surface area contributed by atoms with Crippen LogP contribution in [0, 0.1) is 25.7 Å². The molecule has 0 bridgehead atoms. The lowest BCUT2D eigenvalue weighted by Gasteiger charge is -2.28. The zero-order valence-corrected chi connectivity index (χ0v) is 15.6. The van der Waals surface area contributed by atoms with Crippen molar-refractivity contribution in [3.8, 4) is 0 Å². The SMILES string of the molecule is Cc1cccc(C(C)NC(=O)CC(C)C2CCNCC2)c1C.Cl. The molecule has 1 amide bonds. The molecule has 130 valence electrons. The van der Waals surface area contributed by atoms with Gasteiger partial charge in [-0.2, -0.15) is 0 Å². The van der Waals surface area contributed by atoms with Crippen molar-refractivity contribution in [2.45, 2.75) is 53.0 Å². The summed E-state index contributed by atoms with van der Waals surface area (Å²) in [6.07, 6.45) is 3.03. The Bertz CT molecular complexity index is 512. The first-order chi connectivity index (χ1) is 10.5. The van der Waals surface area contributed by atoms with Gasteiger partial charge in [0.2, 0.25) is 5.91 Å². The highest BCUT2D eigenvalue weighted by molar-refractivity contribution is 5.85. The van der Waals surface area contributed by atoms with Gasteiger partial charge in [-0.3, -0.25) is 4.79 Å². The van der Waals surface area contributed by atoms with Crippen LogP contribution in [0.15, 0.2) is 18.2 Å². The molecule has 23 heavy (non-hydrogen) atoms. The van der Waals surface area contributed by atoms with Crippen molar-refractivity contribution in [3.05, 3.63) is 34.9 Å². The Morgan fingerprint density at radius 3 is 2.57 bits per heavy atom. The van der Waals surface area contributed by atoms with Crippen molar-refractivity contribution < 1.29 is 4.79 Å². The highest BCUT2D eigenvalue weighted by atomic mass is 35.5. The molecule has 0 radical (unpaired) electrons. The lowest BCUT2D eigenvalue weighted by atomic mass is 9.84. The molecule has 3 nitrogen and oxygen atoms in total. The smallest absolute Gasteiger partial charge is 0.220 e. The number of hydrogen-bond acceptors (Lipinski definition) is 2. The summed E-state index contributed by atoms with van der Waals surface area (Å²) in [6, 6.07) is 6.38. The fourth-order valence-electron chi connectivity index (χ4n) is 3.49. The van der Waals surface area contributed by atoms with Crippen LogP contribution in [0.3, 0.4) is 0 Å². The van der Waals surface area contributed by atoms with E-state index in [1.54, 1.807) is 0 Å². The van der Waals surface area contributed by atoms with E-state index in [9.17, 15) is 4.79 Å². The number of benzene rings is 1. The molecule has 2 N–H and O–H groups in total. The van der Waals surface area contributed by atoms with Crippen LogP contribution in [0.25, 0.3) is 0 Å². The van der Waals surface area contributed by atoms with Gasteiger partial charge in [-0.1, -0.05) is 25.1 Å². The van der Waals surface area contributed by atoms with E-state index in [1.807, 2.05) is 0 Å². The van der Waals surface area contributed by atoms with Gasteiger partial charge in [-0.05, 0) is 75.2 Å². The van der Waals surface area contributed by atoms with Crippen molar-refractivity contribution in [2.75, 3.05) is 13.1 Å². The number of rotatable bonds is 5. The van der Waals surface area contributed by atoms with Gasteiger partial charge in [0.15, 0.2) is 0 Å². The Kier molecular flexibility index (Phi) is 8.07. The molecule has 0 aliphatic carbocycles. The Balaban J connectivity index is 0.00000264. The molecule has 2 rings (SSSR count). The van der Waals surface area contributed by atoms with Crippen molar-refractivity contribution >= 4 is 18.3 Å². The molecule has 0 spiro atoms. The van der Waals surface area contributed by atoms with Crippen LogP contribution in [-0.2, 0) is 4.79 Å². The van der Waals surface area contributed by atoms with E-state index in [1.165, 1.54) is 29.5 Å². The van der Waals surface area contributed by atoms with E-state index >= 15 is 0 Å². The standard InChI is InChI=1S/C19H30N2O.ClH/c1-13-6-5-7-18(15(13)3)16(4)21-19(22)12-14(2)17-8-10-20-11-9-17;/h5-7,14,16-17,20H,8-12H2,1-4H3,(H,21,22);1H. The highest BCUT2D eigenvalue weighted by Crippen LogP contribution is 2.25. The third kappa shape index (κ3) is 5.50. The van der Waals surface area contributed by atoms with Gasteiger partial charge in [-0.25, -0.2) is 0 Å². The molecule has 1 fully saturated rings. The van der Waals surface area contributed by atoms with Crippen LogP contribution in [0.2, 0.25) is 0 Å². The fourth-order valence-corrected chi connectivity index (χ4v) is 3.49. The monoisotopic (exact) mass is 338 g/mol. The average Bonchev–Trinajstić information content (AvgIpc) is 2.50. The number of halogens is 1. The molecule has 1 aliphatic heterocycles. The van der Waals surface area contributed by atoms with Gasteiger partial charge in [0.1, 0.15) is 0 Å². The number of amides is 1. The first-order valence-corrected chi connectivity index (χ1v) is 8.55. The molecule has 2 unspecified atom stereocenters. The van der Waals surface area contributed by atoms with Crippen LogP contribution >= 0.6 is 12.4 Å². The summed E-state index contributed by atoms with van der Waals surface area (Å²) in [5, 5.41) is 6.57. The fraction of sp³-hybridized carbons (Fsp3) is 0.632. The Hall–Kier alpha value is -1.06. The van der Waals surface area contributed by atoms with E-state index in [0.717, 1.165) is 13.1 Å². The second-order valence-corrected chi connectivity index (χ2v) is 6.85. The van der Waals surface area contributed by atoms with Crippen molar-refractivity contribution in [1.29, 1.82) is 0 Å². The van der Waals surface area contributed by atoms with Crippen LogP contribution in [0.4, 0.5) is 0 Å². The predicted octanol–water partition coefficient (Wildman–Crippen LogP) is 3.93. The van der Waals surface area contributed by atoms with Gasteiger partial charge < -0.3 is 10.6 Å². The van der Waals surface area contributed by atoms with E-state index in [0.29, 0.717) is 18.3 Å². The minimum Gasteiger partial charge on any atom is -0.350 e. The van der Waals surface area contributed by atoms with Gasteiger partial charge in [0.25, 0.3) is 0 Å². The molecular weight excluding hydrogens is 308 g/mol. The number of piperidine rings is 1. The molecule has 0 saturated carbocycles. The minimum absolute atomic E-state index is 0. The number of aryl methyl sites for hydroxylation is 1. The largest absolute Gasteiger partial charge is 0.350 e. The molecule has 0 aromatic heterocycles. The van der Waals surface area contributed by atoms with Gasteiger partial charge in [0.05, 0.1) is 6.04 Å². The number of nitrogens with one attached hydrogen (secondary N) is 2. The van der Waals surface area contributed by atoms with Crippen LogP contribution in [0.5, 0.6) is 0 Å². The van der Waals surface area contributed by atoms with Gasteiger partial charge in [0, 0.05) is 6.42 Å². The molecule has 4 heteroatoms. The second-order valence-electron chi connectivity index (χ2n) is 6.85. The summed E-state index contributed by atoms with van der Waals surface area (Å²) >= 11 is 0. The van der Waals surface area contributed by atoms with E-state index < -0.39 is 0 Å². The van der Waals surface area contributed by atoms with Crippen molar-refractivity contribution in [2.24, 2.45) is 11.8 Å². The quantitative estimate of drug-likeness (QED) is 0.854. The molecule has 1 aliphatic rings.